The van der Waals surface area contributed by atoms with Crippen LogP contribution in [0, 0.1) is 5.92 Å². The van der Waals surface area contributed by atoms with E-state index in [0.717, 1.165) is 37.8 Å². The quantitative estimate of drug-likeness (QED) is 0.868. The molecule has 3 N–H and O–H groups in total. The molecule has 0 aliphatic heterocycles. The first-order chi connectivity index (χ1) is 9.22. The molecule has 1 saturated carbocycles. The Balaban J connectivity index is 1.92. The van der Waals surface area contributed by atoms with Gasteiger partial charge in [0.2, 0.25) is 5.91 Å². The zero-order valence-corrected chi connectivity index (χ0v) is 11.6. The fourth-order valence-electron chi connectivity index (χ4n) is 2.74. The van der Waals surface area contributed by atoms with Crippen LogP contribution in [0.1, 0.15) is 43.9 Å². The molecule has 1 aliphatic rings. The molecule has 1 fully saturated rings. The summed E-state index contributed by atoms with van der Waals surface area (Å²) in [5, 5.41) is 2.99. The smallest absolute Gasteiger partial charge is 0.224 e. The largest absolute Gasteiger partial charge is 0.350 e. The van der Waals surface area contributed by atoms with Gasteiger partial charge in [-0.2, -0.15) is 0 Å². The first-order valence-electron chi connectivity index (χ1n) is 7.18. The number of nitrogens with two attached hydrogens (primary N) is 1. The van der Waals surface area contributed by atoms with E-state index >= 15 is 0 Å². The third-order valence-electron chi connectivity index (χ3n) is 3.95. The van der Waals surface area contributed by atoms with Crippen molar-refractivity contribution in [2.75, 3.05) is 0 Å². The summed E-state index contributed by atoms with van der Waals surface area (Å²) in [7, 11) is 0. The van der Waals surface area contributed by atoms with Crippen LogP contribution in [0.25, 0.3) is 0 Å². The zero-order valence-electron chi connectivity index (χ0n) is 11.6. The van der Waals surface area contributed by atoms with E-state index in [2.05, 4.69) is 23.3 Å². The van der Waals surface area contributed by atoms with Gasteiger partial charge in [0.15, 0.2) is 0 Å². The summed E-state index contributed by atoms with van der Waals surface area (Å²) in [5.41, 5.74) is 8.18. The Kier molecular flexibility index (Phi) is 4.91. The minimum absolute atomic E-state index is 0.0168. The van der Waals surface area contributed by atoms with Crippen LogP contribution < -0.4 is 11.1 Å². The molecule has 1 amide bonds. The Morgan fingerprint density at radius 2 is 2.26 bits per heavy atom. The second-order valence-electron chi connectivity index (χ2n) is 5.24. The second kappa shape index (κ2) is 6.66. The summed E-state index contributed by atoms with van der Waals surface area (Å²) in [4.78, 5) is 16.5. The molecule has 4 heteroatoms. The molecule has 1 aromatic heterocycles. The number of carbonyl (C=O) groups is 1. The summed E-state index contributed by atoms with van der Waals surface area (Å²) >= 11 is 0. The van der Waals surface area contributed by atoms with Crippen LogP contribution in [-0.4, -0.2) is 16.9 Å². The molecule has 1 aromatic rings. The van der Waals surface area contributed by atoms with Gasteiger partial charge >= 0.3 is 0 Å². The lowest BCUT2D eigenvalue weighted by Crippen LogP contribution is -2.43. The maximum absolute atomic E-state index is 12.2. The molecule has 0 aromatic carbocycles. The van der Waals surface area contributed by atoms with Crippen molar-refractivity contribution in [2.24, 2.45) is 11.7 Å². The summed E-state index contributed by atoms with van der Waals surface area (Å²) in [6.07, 6.45) is 6.83. The lowest BCUT2D eigenvalue weighted by molar-refractivity contribution is -0.126. The normalized spacial score (nSPS) is 23.1. The maximum Gasteiger partial charge on any atom is 0.224 e. The number of aromatic nitrogens is 1. The fourth-order valence-corrected chi connectivity index (χ4v) is 2.74. The van der Waals surface area contributed by atoms with Crippen LogP contribution in [-0.2, 0) is 17.8 Å². The van der Waals surface area contributed by atoms with Gasteiger partial charge in [-0.25, -0.2) is 0 Å². The van der Waals surface area contributed by atoms with Crippen LogP contribution in [0.3, 0.4) is 0 Å². The predicted octanol–water partition coefficient (Wildman–Crippen LogP) is 1.78. The van der Waals surface area contributed by atoms with Crippen molar-refractivity contribution in [1.82, 2.24) is 10.3 Å². The molecule has 1 heterocycles. The van der Waals surface area contributed by atoms with Gasteiger partial charge in [0, 0.05) is 12.2 Å². The number of nitrogens with zero attached hydrogens (tertiary/aromatic N) is 1. The molecule has 0 bridgehead atoms. The van der Waals surface area contributed by atoms with Crippen molar-refractivity contribution in [3.8, 4) is 0 Å². The van der Waals surface area contributed by atoms with Crippen LogP contribution in [0.4, 0.5) is 0 Å². The molecular formula is C15H23N3O. The van der Waals surface area contributed by atoms with E-state index in [1.807, 2.05) is 6.07 Å². The number of amides is 1. The standard InChI is InChI=1S/C15H23N3O/c1-2-11-6-5-9-17-14(11)10-18-15(19)12-7-3-4-8-13(12)16/h5-6,9,12-13H,2-4,7-8,10,16H2,1H3,(H,18,19). The van der Waals surface area contributed by atoms with Gasteiger partial charge in [0.25, 0.3) is 0 Å². The van der Waals surface area contributed by atoms with Gasteiger partial charge in [0.05, 0.1) is 18.2 Å². The average molecular weight is 261 g/mol. The molecule has 2 unspecified atom stereocenters. The molecule has 0 spiro atoms. The zero-order chi connectivity index (χ0) is 13.7. The number of hydrogen-bond donors (Lipinski definition) is 2. The number of rotatable bonds is 4. The first kappa shape index (κ1) is 14.0. The Hall–Kier alpha value is -1.42. The second-order valence-corrected chi connectivity index (χ2v) is 5.24. The molecule has 2 atom stereocenters. The van der Waals surface area contributed by atoms with Crippen LogP contribution in [0.5, 0.6) is 0 Å². The van der Waals surface area contributed by atoms with Crippen LogP contribution >= 0.6 is 0 Å². The summed E-state index contributed by atoms with van der Waals surface area (Å²) in [6.45, 7) is 2.60. The summed E-state index contributed by atoms with van der Waals surface area (Å²) < 4.78 is 0. The highest BCUT2D eigenvalue weighted by Gasteiger charge is 2.27. The molecule has 19 heavy (non-hydrogen) atoms. The van der Waals surface area contributed by atoms with Crippen molar-refractivity contribution in [1.29, 1.82) is 0 Å². The van der Waals surface area contributed by atoms with Crippen molar-refractivity contribution in [3.63, 3.8) is 0 Å². The highest BCUT2D eigenvalue weighted by Crippen LogP contribution is 2.23. The first-order valence-corrected chi connectivity index (χ1v) is 7.18. The molecule has 0 radical (unpaired) electrons. The van der Waals surface area contributed by atoms with Crippen LogP contribution in [0.15, 0.2) is 18.3 Å². The molecular weight excluding hydrogens is 238 g/mol. The number of hydrogen-bond acceptors (Lipinski definition) is 3. The summed E-state index contributed by atoms with van der Waals surface area (Å²) in [5.74, 6) is 0.0578. The Morgan fingerprint density at radius 3 is 3.00 bits per heavy atom. The third-order valence-corrected chi connectivity index (χ3v) is 3.95. The number of pyridine rings is 1. The highest BCUT2D eigenvalue weighted by atomic mass is 16.1. The van der Waals surface area contributed by atoms with Crippen molar-refractivity contribution < 1.29 is 4.79 Å². The minimum Gasteiger partial charge on any atom is -0.350 e. The van der Waals surface area contributed by atoms with Crippen molar-refractivity contribution >= 4 is 5.91 Å². The lowest BCUT2D eigenvalue weighted by Gasteiger charge is -2.27. The van der Waals surface area contributed by atoms with Gasteiger partial charge in [0.1, 0.15) is 0 Å². The van der Waals surface area contributed by atoms with Crippen LogP contribution in [0.2, 0.25) is 0 Å². The number of aryl methyl sites for hydroxylation is 1. The van der Waals surface area contributed by atoms with E-state index in [1.54, 1.807) is 6.20 Å². The fraction of sp³-hybridized carbons (Fsp3) is 0.600. The van der Waals surface area contributed by atoms with E-state index in [9.17, 15) is 4.79 Å². The summed E-state index contributed by atoms with van der Waals surface area (Å²) in [6, 6.07) is 4.00. The minimum atomic E-state index is -0.0254. The van der Waals surface area contributed by atoms with E-state index in [0.29, 0.717) is 6.54 Å². The monoisotopic (exact) mass is 261 g/mol. The van der Waals surface area contributed by atoms with E-state index < -0.39 is 0 Å². The van der Waals surface area contributed by atoms with Gasteiger partial charge in [-0.05, 0) is 30.9 Å². The molecule has 1 aliphatic carbocycles. The molecule has 104 valence electrons. The SMILES string of the molecule is CCc1cccnc1CNC(=O)C1CCCCC1N. The Labute approximate surface area is 114 Å². The molecule has 2 rings (SSSR count). The van der Waals surface area contributed by atoms with Gasteiger partial charge < -0.3 is 11.1 Å². The van der Waals surface area contributed by atoms with Gasteiger partial charge in [-0.15, -0.1) is 0 Å². The topological polar surface area (TPSA) is 68.0 Å². The third kappa shape index (κ3) is 3.53. The highest BCUT2D eigenvalue weighted by molar-refractivity contribution is 5.79. The van der Waals surface area contributed by atoms with Gasteiger partial charge in [-0.1, -0.05) is 25.8 Å². The Bertz CT molecular complexity index is 433. The average Bonchev–Trinajstić information content (AvgIpc) is 2.45. The van der Waals surface area contributed by atoms with Crippen molar-refractivity contribution in [3.05, 3.63) is 29.6 Å². The van der Waals surface area contributed by atoms with Gasteiger partial charge in [-0.3, -0.25) is 9.78 Å². The van der Waals surface area contributed by atoms with E-state index in [4.69, 9.17) is 5.73 Å². The molecule has 4 nitrogen and oxygen atoms in total. The van der Waals surface area contributed by atoms with E-state index in [-0.39, 0.29) is 17.9 Å². The lowest BCUT2D eigenvalue weighted by atomic mass is 9.84. The number of carbonyl (C=O) groups excluding carboxylic acids is 1. The molecule has 0 saturated heterocycles. The predicted molar refractivity (Wildman–Crippen MR) is 75.4 cm³/mol. The Morgan fingerprint density at radius 1 is 1.47 bits per heavy atom. The number of nitrogens with one attached hydrogen (secondary N) is 1. The van der Waals surface area contributed by atoms with E-state index in [1.165, 1.54) is 5.56 Å². The van der Waals surface area contributed by atoms with Crippen molar-refractivity contribution in [2.45, 2.75) is 51.6 Å². The maximum atomic E-state index is 12.2.